The van der Waals surface area contributed by atoms with E-state index in [-0.39, 0.29) is 11.7 Å². The Hall–Kier alpha value is -1.42. The van der Waals surface area contributed by atoms with E-state index in [4.69, 9.17) is 0 Å². The van der Waals surface area contributed by atoms with Gasteiger partial charge in [0.2, 0.25) is 5.91 Å². The highest BCUT2D eigenvalue weighted by Gasteiger charge is 2.20. The maximum atomic E-state index is 12.8. The molecule has 2 rings (SSSR count). The second kappa shape index (κ2) is 8.28. The lowest BCUT2D eigenvalue weighted by Gasteiger charge is -2.34. The minimum absolute atomic E-state index is 0.00647. The fraction of sp³-hybridized carbons (Fsp3) is 0.611. The van der Waals surface area contributed by atoms with Crippen LogP contribution in [0.25, 0.3) is 0 Å². The minimum atomic E-state index is -0.269. The van der Waals surface area contributed by atoms with Gasteiger partial charge >= 0.3 is 0 Å². The summed E-state index contributed by atoms with van der Waals surface area (Å²) in [5, 5.41) is 2.95. The molecule has 122 valence electrons. The standard InChI is InChI=1S/C18H27FN2O/c1-14-10-15(2)13-21(12-14)9-3-8-20-18(22)11-16-4-6-17(19)7-5-16/h4-7,14-15H,3,8-13H2,1-2H3,(H,20,22)/t14-,15-/m1/s1. The molecule has 0 bridgehead atoms. The Balaban J connectivity index is 1.62. The highest BCUT2D eigenvalue weighted by molar-refractivity contribution is 5.78. The molecule has 1 N–H and O–H groups in total. The molecule has 0 unspecified atom stereocenters. The first-order chi connectivity index (χ1) is 10.5. The maximum Gasteiger partial charge on any atom is 0.224 e. The molecule has 0 radical (unpaired) electrons. The summed E-state index contributed by atoms with van der Waals surface area (Å²) in [6, 6.07) is 6.10. The number of halogens is 1. The molecule has 22 heavy (non-hydrogen) atoms. The smallest absolute Gasteiger partial charge is 0.224 e. The number of nitrogens with one attached hydrogen (secondary N) is 1. The zero-order chi connectivity index (χ0) is 15.9. The third-order valence-electron chi connectivity index (χ3n) is 4.20. The Bertz CT molecular complexity index is 464. The van der Waals surface area contributed by atoms with Crippen molar-refractivity contribution in [2.24, 2.45) is 11.8 Å². The molecule has 1 aliphatic heterocycles. The molecule has 2 atom stereocenters. The number of hydrogen-bond acceptors (Lipinski definition) is 2. The topological polar surface area (TPSA) is 32.3 Å². The first-order valence-corrected chi connectivity index (χ1v) is 8.26. The molecule has 1 aromatic carbocycles. The lowest BCUT2D eigenvalue weighted by Crippen LogP contribution is -2.40. The largest absolute Gasteiger partial charge is 0.356 e. The third kappa shape index (κ3) is 5.76. The number of likely N-dealkylation sites (tertiary alicyclic amines) is 1. The first kappa shape index (κ1) is 16.9. The van der Waals surface area contributed by atoms with E-state index in [0.29, 0.717) is 13.0 Å². The van der Waals surface area contributed by atoms with E-state index in [1.807, 2.05) is 0 Å². The average Bonchev–Trinajstić information content (AvgIpc) is 2.45. The molecular formula is C18H27FN2O. The second-order valence-corrected chi connectivity index (χ2v) is 6.71. The molecule has 3 nitrogen and oxygen atoms in total. The fourth-order valence-electron chi connectivity index (χ4n) is 3.36. The van der Waals surface area contributed by atoms with E-state index in [0.717, 1.165) is 30.4 Å². The van der Waals surface area contributed by atoms with Gasteiger partial charge in [0, 0.05) is 19.6 Å². The second-order valence-electron chi connectivity index (χ2n) is 6.71. The van der Waals surface area contributed by atoms with Crippen molar-refractivity contribution in [3.8, 4) is 0 Å². The predicted octanol–water partition coefficient (Wildman–Crippen LogP) is 2.85. The summed E-state index contributed by atoms with van der Waals surface area (Å²) < 4.78 is 12.8. The van der Waals surface area contributed by atoms with Gasteiger partial charge < -0.3 is 10.2 Å². The van der Waals surface area contributed by atoms with Crippen LogP contribution in [0.5, 0.6) is 0 Å². The van der Waals surface area contributed by atoms with Crippen molar-refractivity contribution in [1.82, 2.24) is 10.2 Å². The zero-order valence-corrected chi connectivity index (χ0v) is 13.6. The van der Waals surface area contributed by atoms with E-state index < -0.39 is 0 Å². The summed E-state index contributed by atoms with van der Waals surface area (Å²) in [4.78, 5) is 14.3. The van der Waals surface area contributed by atoms with E-state index in [1.54, 1.807) is 12.1 Å². The molecule has 0 aromatic heterocycles. The normalized spacial score (nSPS) is 22.5. The van der Waals surface area contributed by atoms with Crippen molar-refractivity contribution in [3.05, 3.63) is 35.6 Å². The highest BCUT2D eigenvalue weighted by atomic mass is 19.1. The van der Waals surface area contributed by atoms with Gasteiger partial charge in [-0.15, -0.1) is 0 Å². The predicted molar refractivity (Wildman–Crippen MR) is 87.1 cm³/mol. The summed E-state index contributed by atoms with van der Waals surface area (Å²) in [5.74, 6) is 1.29. The van der Waals surface area contributed by atoms with Crippen molar-refractivity contribution in [2.45, 2.75) is 33.1 Å². The lowest BCUT2D eigenvalue weighted by atomic mass is 9.92. The van der Waals surface area contributed by atoms with Crippen molar-refractivity contribution in [2.75, 3.05) is 26.2 Å². The molecule has 0 saturated carbocycles. The van der Waals surface area contributed by atoms with Crippen LogP contribution >= 0.6 is 0 Å². The Morgan fingerprint density at radius 3 is 2.50 bits per heavy atom. The number of piperidine rings is 1. The van der Waals surface area contributed by atoms with E-state index >= 15 is 0 Å². The van der Waals surface area contributed by atoms with Gasteiger partial charge in [0.15, 0.2) is 0 Å². The van der Waals surface area contributed by atoms with Crippen molar-refractivity contribution < 1.29 is 9.18 Å². The number of nitrogens with zero attached hydrogens (tertiary/aromatic N) is 1. The molecule has 4 heteroatoms. The Labute approximate surface area is 132 Å². The number of carbonyl (C=O) groups excluding carboxylic acids is 1. The maximum absolute atomic E-state index is 12.8. The Morgan fingerprint density at radius 1 is 1.23 bits per heavy atom. The number of hydrogen-bond donors (Lipinski definition) is 1. The van der Waals surface area contributed by atoms with Crippen LogP contribution in [0.15, 0.2) is 24.3 Å². The van der Waals surface area contributed by atoms with Crippen LogP contribution in [-0.2, 0) is 11.2 Å². The summed E-state index contributed by atoms with van der Waals surface area (Å²) in [6.45, 7) is 8.73. The van der Waals surface area contributed by atoms with Gasteiger partial charge in [-0.2, -0.15) is 0 Å². The van der Waals surface area contributed by atoms with E-state index in [2.05, 4.69) is 24.1 Å². The van der Waals surface area contributed by atoms with E-state index in [9.17, 15) is 9.18 Å². The van der Waals surface area contributed by atoms with Crippen molar-refractivity contribution >= 4 is 5.91 Å². The molecule has 1 fully saturated rings. The summed E-state index contributed by atoms with van der Waals surface area (Å²) >= 11 is 0. The van der Waals surface area contributed by atoms with Crippen molar-refractivity contribution in [1.29, 1.82) is 0 Å². The molecule has 1 amide bonds. The van der Waals surface area contributed by atoms with Gasteiger partial charge in [-0.1, -0.05) is 26.0 Å². The van der Waals surface area contributed by atoms with E-state index in [1.165, 1.54) is 31.6 Å². The van der Waals surface area contributed by atoms with Crippen LogP contribution < -0.4 is 5.32 Å². The number of amides is 1. The Morgan fingerprint density at radius 2 is 1.86 bits per heavy atom. The van der Waals surface area contributed by atoms with Gasteiger partial charge in [0.05, 0.1) is 6.42 Å². The number of carbonyl (C=O) groups is 1. The van der Waals surface area contributed by atoms with Crippen LogP contribution in [-0.4, -0.2) is 37.0 Å². The molecular weight excluding hydrogens is 279 g/mol. The number of benzene rings is 1. The lowest BCUT2D eigenvalue weighted by molar-refractivity contribution is -0.120. The number of rotatable bonds is 6. The highest BCUT2D eigenvalue weighted by Crippen LogP contribution is 2.20. The summed E-state index contributed by atoms with van der Waals surface area (Å²) in [5.41, 5.74) is 0.845. The van der Waals surface area contributed by atoms with Crippen LogP contribution in [0.4, 0.5) is 4.39 Å². The molecule has 0 spiro atoms. The fourth-order valence-corrected chi connectivity index (χ4v) is 3.36. The molecule has 1 aromatic rings. The first-order valence-electron chi connectivity index (χ1n) is 8.26. The Kier molecular flexibility index (Phi) is 6.37. The summed E-state index contributed by atoms with van der Waals surface area (Å²) in [6.07, 6.45) is 2.62. The molecule has 0 aliphatic carbocycles. The van der Waals surface area contributed by atoms with Crippen LogP contribution in [0.3, 0.4) is 0 Å². The molecule has 1 aliphatic rings. The van der Waals surface area contributed by atoms with Gasteiger partial charge in [0.1, 0.15) is 5.82 Å². The average molecular weight is 306 g/mol. The van der Waals surface area contributed by atoms with Crippen LogP contribution in [0, 0.1) is 17.7 Å². The summed E-state index contributed by atoms with van der Waals surface area (Å²) in [7, 11) is 0. The van der Waals surface area contributed by atoms with Gasteiger partial charge in [-0.05, 0) is 48.9 Å². The monoisotopic (exact) mass is 306 g/mol. The minimum Gasteiger partial charge on any atom is -0.356 e. The quantitative estimate of drug-likeness (QED) is 0.820. The molecule has 1 heterocycles. The SMILES string of the molecule is C[C@@H]1C[C@@H](C)CN(CCCNC(=O)Cc2ccc(F)cc2)C1. The van der Waals surface area contributed by atoms with Gasteiger partial charge in [0.25, 0.3) is 0 Å². The third-order valence-corrected chi connectivity index (χ3v) is 4.20. The van der Waals surface area contributed by atoms with Gasteiger partial charge in [-0.3, -0.25) is 4.79 Å². The molecule has 1 saturated heterocycles. The van der Waals surface area contributed by atoms with Crippen LogP contribution in [0.1, 0.15) is 32.3 Å². The van der Waals surface area contributed by atoms with Crippen LogP contribution in [0.2, 0.25) is 0 Å². The van der Waals surface area contributed by atoms with Crippen molar-refractivity contribution in [3.63, 3.8) is 0 Å². The van der Waals surface area contributed by atoms with Gasteiger partial charge in [-0.25, -0.2) is 4.39 Å². The zero-order valence-electron chi connectivity index (χ0n) is 13.6.